The zero-order valence-corrected chi connectivity index (χ0v) is 12.9. The van der Waals surface area contributed by atoms with Gasteiger partial charge in [0.25, 0.3) is 0 Å². The molecule has 18 heavy (non-hydrogen) atoms. The van der Waals surface area contributed by atoms with Gasteiger partial charge in [0.2, 0.25) is 10.0 Å². The van der Waals surface area contributed by atoms with E-state index in [-0.39, 0.29) is 5.41 Å². The molecule has 0 fully saturated rings. The Morgan fingerprint density at radius 1 is 1.33 bits per heavy atom. The highest BCUT2D eigenvalue weighted by Crippen LogP contribution is 2.26. The maximum absolute atomic E-state index is 10.8. The molecule has 0 bridgehead atoms. The van der Waals surface area contributed by atoms with E-state index in [9.17, 15) is 8.42 Å². The Morgan fingerprint density at radius 3 is 2.50 bits per heavy atom. The van der Waals surface area contributed by atoms with Crippen LogP contribution in [-0.4, -0.2) is 32.7 Å². The molecule has 5 nitrogen and oxygen atoms in total. The van der Waals surface area contributed by atoms with Gasteiger partial charge in [0.05, 0.1) is 11.3 Å². The summed E-state index contributed by atoms with van der Waals surface area (Å²) < 4.78 is 24.1. The summed E-state index contributed by atoms with van der Waals surface area (Å²) in [7, 11) is -3.08. The maximum atomic E-state index is 10.8. The molecule has 0 saturated heterocycles. The molecule has 0 aliphatic rings. The summed E-state index contributed by atoms with van der Waals surface area (Å²) in [5.41, 5.74) is 0.0841. The number of thiazole rings is 1. The summed E-state index contributed by atoms with van der Waals surface area (Å²) in [6.07, 6.45) is 3.04. The van der Waals surface area contributed by atoms with E-state index >= 15 is 0 Å². The van der Waals surface area contributed by atoms with Crippen LogP contribution in [0.4, 0.5) is 0 Å². The van der Waals surface area contributed by atoms with Crippen molar-refractivity contribution in [1.29, 1.82) is 0 Å². The van der Waals surface area contributed by atoms with Crippen LogP contribution in [0.1, 0.15) is 30.7 Å². The van der Waals surface area contributed by atoms with Crippen LogP contribution in [0.25, 0.3) is 0 Å². The molecule has 2 N–H and O–H groups in total. The van der Waals surface area contributed by atoms with Crippen molar-refractivity contribution < 1.29 is 8.42 Å². The van der Waals surface area contributed by atoms with Gasteiger partial charge >= 0.3 is 0 Å². The molecule has 1 aromatic rings. The van der Waals surface area contributed by atoms with E-state index in [1.165, 1.54) is 4.88 Å². The minimum Gasteiger partial charge on any atom is -0.310 e. The largest absolute Gasteiger partial charge is 0.310 e. The van der Waals surface area contributed by atoms with Gasteiger partial charge < -0.3 is 5.32 Å². The lowest BCUT2D eigenvalue weighted by Crippen LogP contribution is -2.30. The molecular weight excluding hydrogens is 270 g/mol. The third-order valence-electron chi connectivity index (χ3n) is 2.16. The summed E-state index contributed by atoms with van der Waals surface area (Å²) in [6.45, 7) is 8.15. The van der Waals surface area contributed by atoms with Crippen LogP contribution in [0, 0.1) is 0 Å². The number of sulfonamides is 1. The summed E-state index contributed by atoms with van der Waals surface area (Å²) in [5.74, 6) is 0. The molecule has 0 saturated carbocycles. The predicted octanol–water partition coefficient (Wildman–Crippen LogP) is 1.08. The number of hydrogen-bond acceptors (Lipinski definition) is 5. The Morgan fingerprint density at radius 2 is 2.00 bits per heavy atom. The smallest absolute Gasteiger partial charge is 0.208 e. The Balaban J connectivity index is 2.30. The third kappa shape index (κ3) is 5.90. The standard InChI is InChI=1S/C11H21N3O2S2/c1-11(2,3)10-13-8-9(17-10)7-12-5-6-14-18(4,15)16/h8,12,14H,5-7H2,1-4H3. The lowest BCUT2D eigenvalue weighted by molar-refractivity contribution is 0.582. The van der Waals surface area contributed by atoms with Crippen molar-refractivity contribution in [2.24, 2.45) is 0 Å². The molecule has 0 radical (unpaired) electrons. The molecule has 7 heteroatoms. The van der Waals surface area contributed by atoms with E-state index in [0.717, 1.165) is 17.8 Å². The van der Waals surface area contributed by atoms with E-state index in [1.54, 1.807) is 11.3 Å². The number of rotatable bonds is 6. The number of aromatic nitrogens is 1. The highest BCUT2D eigenvalue weighted by molar-refractivity contribution is 7.88. The lowest BCUT2D eigenvalue weighted by atomic mass is 9.98. The van der Waals surface area contributed by atoms with Gasteiger partial charge in [0.15, 0.2) is 0 Å². The molecule has 0 spiro atoms. The molecule has 0 aliphatic heterocycles. The van der Waals surface area contributed by atoms with Gasteiger partial charge in [0, 0.05) is 36.1 Å². The highest BCUT2D eigenvalue weighted by atomic mass is 32.2. The molecule has 1 rings (SSSR count). The second-order valence-electron chi connectivity index (χ2n) is 5.23. The van der Waals surface area contributed by atoms with Crippen molar-refractivity contribution in [1.82, 2.24) is 15.0 Å². The van der Waals surface area contributed by atoms with Gasteiger partial charge in [-0.3, -0.25) is 0 Å². The van der Waals surface area contributed by atoms with Crippen molar-refractivity contribution in [2.75, 3.05) is 19.3 Å². The van der Waals surface area contributed by atoms with Crippen molar-refractivity contribution in [3.8, 4) is 0 Å². The van der Waals surface area contributed by atoms with Crippen molar-refractivity contribution in [2.45, 2.75) is 32.7 Å². The van der Waals surface area contributed by atoms with Crippen molar-refractivity contribution >= 4 is 21.4 Å². The fourth-order valence-corrected chi connectivity index (χ4v) is 2.68. The second-order valence-corrected chi connectivity index (χ2v) is 8.17. The minimum atomic E-state index is -3.08. The van der Waals surface area contributed by atoms with Crippen molar-refractivity contribution in [3.63, 3.8) is 0 Å². The average molecular weight is 291 g/mol. The van der Waals surface area contributed by atoms with Crippen LogP contribution >= 0.6 is 11.3 Å². The van der Waals surface area contributed by atoms with Crippen LogP contribution in [-0.2, 0) is 22.0 Å². The molecular formula is C11H21N3O2S2. The Kier molecular flexibility index (Phi) is 5.27. The zero-order chi connectivity index (χ0) is 13.8. The first-order valence-corrected chi connectivity index (χ1v) is 8.50. The van der Waals surface area contributed by atoms with E-state index in [0.29, 0.717) is 13.1 Å². The number of hydrogen-bond donors (Lipinski definition) is 2. The van der Waals surface area contributed by atoms with E-state index in [2.05, 4.69) is 35.8 Å². The molecule has 0 atom stereocenters. The summed E-state index contributed by atoms with van der Waals surface area (Å²) in [5, 5.41) is 4.30. The summed E-state index contributed by atoms with van der Waals surface area (Å²) in [6, 6.07) is 0. The third-order valence-corrected chi connectivity index (χ3v) is 4.31. The molecule has 0 aliphatic carbocycles. The van der Waals surface area contributed by atoms with Crippen LogP contribution in [0.2, 0.25) is 0 Å². The van der Waals surface area contributed by atoms with Gasteiger partial charge in [0.1, 0.15) is 0 Å². The average Bonchev–Trinajstić information content (AvgIpc) is 2.63. The first-order valence-electron chi connectivity index (χ1n) is 5.79. The van der Waals surface area contributed by atoms with Gasteiger partial charge in [-0.25, -0.2) is 18.1 Å². The monoisotopic (exact) mass is 291 g/mol. The molecule has 0 aromatic carbocycles. The fourth-order valence-electron chi connectivity index (χ4n) is 1.27. The molecule has 0 amide bonds. The van der Waals surface area contributed by atoms with Gasteiger partial charge in [-0.15, -0.1) is 11.3 Å². The van der Waals surface area contributed by atoms with Crippen molar-refractivity contribution in [3.05, 3.63) is 16.1 Å². The Bertz CT molecular complexity index is 475. The Labute approximate surface area is 113 Å². The zero-order valence-electron chi connectivity index (χ0n) is 11.3. The lowest BCUT2D eigenvalue weighted by Gasteiger charge is -2.13. The summed E-state index contributed by atoms with van der Waals surface area (Å²) in [4.78, 5) is 5.56. The first-order chi connectivity index (χ1) is 8.18. The first kappa shape index (κ1) is 15.6. The Hall–Kier alpha value is -0.500. The quantitative estimate of drug-likeness (QED) is 0.769. The fraction of sp³-hybridized carbons (Fsp3) is 0.727. The topological polar surface area (TPSA) is 71.1 Å². The SMILES string of the molecule is CC(C)(C)c1ncc(CNCCNS(C)(=O)=O)s1. The van der Waals surface area contributed by atoms with Crippen LogP contribution in [0.5, 0.6) is 0 Å². The van der Waals surface area contributed by atoms with E-state index < -0.39 is 10.0 Å². The van der Waals surface area contributed by atoms with Gasteiger partial charge in [-0.05, 0) is 0 Å². The van der Waals surface area contributed by atoms with Crippen LogP contribution in [0.15, 0.2) is 6.20 Å². The molecule has 104 valence electrons. The number of nitrogens with one attached hydrogen (secondary N) is 2. The van der Waals surface area contributed by atoms with Gasteiger partial charge in [-0.2, -0.15) is 0 Å². The second kappa shape index (κ2) is 6.10. The van der Waals surface area contributed by atoms with Crippen LogP contribution < -0.4 is 10.0 Å². The highest BCUT2D eigenvalue weighted by Gasteiger charge is 2.17. The molecule has 0 unspecified atom stereocenters. The molecule has 1 heterocycles. The number of nitrogens with zero attached hydrogens (tertiary/aromatic N) is 1. The molecule has 1 aromatic heterocycles. The minimum absolute atomic E-state index is 0.0841. The van der Waals surface area contributed by atoms with E-state index in [1.807, 2.05) is 6.20 Å². The van der Waals surface area contributed by atoms with Gasteiger partial charge in [-0.1, -0.05) is 20.8 Å². The predicted molar refractivity (Wildman–Crippen MR) is 75.4 cm³/mol. The van der Waals surface area contributed by atoms with E-state index in [4.69, 9.17) is 0 Å². The maximum Gasteiger partial charge on any atom is 0.208 e. The summed E-state index contributed by atoms with van der Waals surface area (Å²) >= 11 is 1.69. The normalized spacial score (nSPS) is 12.9. The van der Waals surface area contributed by atoms with Crippen LogP contribution in [0.3, 0.4) is 0 Å².